The Morgan fingerprint density at radius 1 is 0.750 bits per heavy atom. The van der Waals surface area contributed by atoms with Crippen LogP contribution in [0.5, 0.6) is 0 Å². The topological polar surface area (TPSA) is 103 Å². The van der Waals surface area contributed by atoms with Crippen molar-refractivity contribution in [3.63, 3.8) is 0 Å². The highest BCUT2D eigenvalue weighted by molar-refractivity contribution is 5.37. The van der Waals surface area contributed by atoms with E-state index in [0.29, 0.717) is 0 Å². The van der Waals surface area contributed by atoms with Crippen molar-refractivity contribution in [2.75, 3.05) is 0 Å². The van der Waals surface area contributed by atoms with Gasteiger partial charge in [0.25, 0.3) is 0 Å². The Kier molecular flexibility index (Phi) is 1.57. The first-order chi connectivity index (χ1) is 5.97. The van der Waals surface area contributed by atoms with E-state index >= 15 is 0 Å². The van der Waals surface area contributed by atoms with E-state index < -0.39 is 0 Å². The van der Waals surface area contributed by atoms with Gasteiger partial charge in [-0.25, -0.2) is 4.98 Å². The van der Waals surface area contributed by atoms with E-state index in [9.17, 15) is 0 Å². The van der Waals surface area contributed by atoms with Gasteiger partial charge < -0.3 is 0 Å². The summed E-state index contributed by atoms with van der Waals surface area (Å²) in [5.74, 6) is 0.484. The Hall–Kier alpha value is -2.12. The predicted molar refractivity (Wildman–Crippen MR) is 34.2 cm³/mol. The molecule has 58 valence electrons. The van der Waals surface area contributed by atoms with Crippen molar-refractivity contribution in [3.05, 3.63) is 12.7 Å². The smallest absolute Gasteiger partial charge is 0.210 e. The Morgan fingerprint density at radius 3 is 2.25 bits per heavy atom. The van der Waals surface area contributed by atoms with Crippen LogP contribution in [0, 0.1) is 0 Å². The largest absolute Gasteiger partial charge is 0.242 e. The van der Waals surface area contributed by atoms with Gasteiger partial charge >= 0.3 is 0 Å². The number of nitrogens with zero attached hydrogens (tertiary/aromatic N) is 8. The molecular formula is C4H2N8. The van der Waals surface area contributed by atoms with E-state index in [0.717, 1.165) is 0 Å². The summed E-state index contributed by atoms with van der Waals surface area (Å²) in [6, 6.07) is 0. The van der Waals surface area contributed by atoms with Crippen LogP contribution in [0.1, 0.15) is 0 Å². The summed E-state index contributed by atoms with van der Waals surface area (Å²) in [4.78, 5) is 3.76. The Bertz CT molecular complexity index is 308. The first kappa shape index (κ1) is 6.58. The highest BCUT2D eigenvalue weighted by atomic mass is 15.4. The molecule has 2 aromatic rings. The molecule has 0 saturated heterocycles. The lowest BCUT2D eigenvalue weighted by Crippen LogP contribution is -2.00. The maximum Gasteiger partial charge on any atom is 0.242 e. The fourth-order valence-electron chi connectivity index (χ4n) is 0.594. The average molecular weight is 162 g/mol. The van der Waals surface area contributed by atoms with E-state index in [2.05, 4.69) is 40.8 Å². The van der Waals surface area contributed by atoms with Crippen molar-refractivity contribution in [3.8, 4) is 11.6 Å². The molecule has 12 heavy (non-hydrogen) atoms. The molecule has 0 fully saturated rings. The van der Waals surface area contributed by atoms with Gasteiger partial charge in [0, 0.05) is 0 Å². The summed E-state index contributed by atoms with van der Waals surface area (Å²) < 4.78 is 0. The van der Waals surface area contributed by atoms with Crippen LogP contribution in [-0.4, -0.2) is 40.8 Å². The fraction of sp³-hybridized carbons (Fsp3) is 0. The van der Waals surface area contributed by atoms with Gasteiger partial charge in [-0.05, 0) is 5.21 Å². The SMILES string of the molecule is c1nnc(-c2ncnnn2)nn1. The zero-order chi connectivity index (χ0) is 8.23. The summed E-state index contributed by atoms with van der Waals surface area (Å²) in [7, 11) is 0. The molecular weight excluding hydrogens is 160 g/mol. The van der Waals surface area contributed by atoms with E-state index in [1.807, 2.05) is 0 Å². The monoisotopic (exact) mass is 162 g/mol. The second kappa shape index (κ2) is 2.86. The molecule has 0 radical (unpaired) electrons. The lowest BCUT2D eigenvalue weighted by Gasteiger charge is -1.90. The summed E-state index contributed by atoms with van der Waals surface area (Å²) in [5.41, 5.74) is 0. The molecule has 8 heteroatoms. The van der Waals surface area contributed by atoms with Gasteiger partial charge in [0.15, 0.2) is 6.33 Å². The van der Waals surface area contributed by atoms with Crippen LogP contribution in [0.2, 0.25) is 0 Å². The van der Waals surface area contributed by atoms with Gasteiger partial charge in [0.05, 0.1) is 0 Å². The summed E-state index contributed by atoms with van der Waals surface area (Å²) >= 11 is 0. The van der Waals surface area contributed by atoms with Gasteiger partial charge in [0.2, 0.25) is 11.6 Å². The highest BCUT2D eigenvalue weighted by Gasteiger charge is 2.03. The zero-order valence-corrected chi connectivity index (χ0v) is 5.73. The minimum Gasteiger partial charge on any atom is -0.210 e. The van der Waals surface area contributed by atoms with Gasteiger partial charge in [0.1, 0.15) is 6.33 Å². The van der Waals surface area contributed by atoms with Crippen molar-refractivity contribution in [1.29, 1.82) is 0 Å². The van der Waals surface area contributed by atoms with Crippen LogP contribution in [0.3, 0.4) is 0 Å². The molecule has 0 unspecified atom stereocenters. The standard InChI is InChI=1S/C4H2N8/c1-5-3(11-12-8-1)4-9-6-2-7-10-4/h1-2H. The summed E-state index contributed by atoms with van der Waals surface area (Å²) in [6.45, 7) is 0. The van der Waals surface area contributed by atoms with Crippen molar-refractivity contribution < 1.29 is 0 Å². The molecule has 0 aromatic carbocycles. The molecule has 2 aromatic heterocycles. The van der Waals surface area contributed by atoms with Crippen LogP contribution in [0.15, 0.2) is 12.7 Å². The van der Waals surface area contributed by atoms with E-state index in [4.69, 9.17) is 0 Å². The van der Waals surface area contributed by atoms with E-state index in [1.165, 1.54) is 12.7 Å². The quantitative estimate of drug-likeness (QED) is 0.499. The third-order valence-corrected chi connectivity index (χ3v) is 1.03. The number of aromatic nitrogens is 8. The van der Waals surface area contributed by atoms with Crippen LogP contribution >= 0.6 is 0 Å². The Labute approximate surface area is 66.1 Å². The van der Waals surface area contributed by atoms with Gasteiger partial charge in [-0.2, -0.15) is 0 Å². The van der Waals surface area contributed by atoms with Gasteiger partial charge in [-0.3, -0.25) is 0 Å². The number of hydrogen-bond acceptors (Lipinski definition) is 8. The first-order valence-corrected chi connectivity index (χ1v) is 2.98. The number of hydrogen-bond donors (Lipinski definition) is 0. The molecule has 2 heterocycles. The molecule has 0 atom stereocenters. The lowest BCUT2D eigenvalue weighted by molar-refractivity contribution is 0.791. The highest BCUT2D eigenvalue weighted by Crippen LogP contribution is 1.99. The van der Waals surface area contributed by atoms with Crippen molar-refractivity contribution in [2.45, 2.75) is 0 Å². The number of rotatable bonds is 1. The van der Waals surface area contributed by atoms with Gasteiger partial charge in [-0.15, -0.1) is 30.6 Å². The van der Waals surface area contributed by atoms with Crippen LogP contribution in [0.25, 0.3) is 11.6 Å². The Morgan fingerprint density at radius 2 is 1.58 bits per heavy atom. The molecule has 0 spiro atoms. The fourth-order valence-corrected chi connectivity index (χ4v) is 0.594. The van der Waals surface area contributed by atoms with E-state index in [-0.39, 0.29) is 11.6 Å². The molecule has 0 saturated carbocycles. The van der Waals surface area contributed by atoms with Crippen LogP contribution < -0.4 is 0 Å². The second-order valence-corrected chi connectivity index (χ2v) is 1.74. The van der Waals surface area contributed by atoms with E-state index in [1.54, 1.807) is 0 Å². The predicted octanol–water partition coefficient (Wildman–Crippen LogP) is -1.49. The maximum absolute atomic E-state index is 3.76. The molecule has 0 amide bonds. The minimum atomic E-state index is 0.229. The lowest BCUT2D eigenvalue weighted by atomic mass is 10.6. The molecule has 0 aliphatic heterocycles. The second-order valence-electron chi connectivity index (χ2n) is 1.74. The average Bonchev–Trinajstić information content (AvgIpc) is 2.21. The first-order valence-electron chi connectivity index (χ1n) is 2.98. The normalized spacial score (nSPS) is 9.67. The third-order valence-electron chi connectivity index (χ3n) is 1.03. The molecule has 0 aliphatic rings. The maximum atomic E-state index is 3.76. The molecule has 0 aliphatic carbocycles. The van der Waals surface area contributed by atoms with Crippen molar-refractivity contribution >= 4 is 0 Å². The molecule has 8 nitrogen and oxygen atoms in total. The molecule has 2 rings (SSSR count). The van der Waals surface area contributed by atoms with Crippen molar-refractivity contribution in [2.24, 2.45) is 0 Å². The molecule has 0 bridgehead atoms. The van der Waals surface area contributed by atoms with Gasteiger partial charge in [-0.1, -0.05) is 0 Å². The zero-order valence-electron chi connectivity index (χ0n) is 5.73. The van der Waals surface area contributed by atoms with Crippen LogP contribution in [0.4, 0.5) is 0 Å². The summed E-state index contributed by atoms with van der Waals surface area (Å²) in [6.07, 6.45) is 2.47. The summed E-state index contributed by atoms with van der Waals surface area (Å²) in [5, 5.41) is 24.6. The molecule has 0 N–H and O–H groups in total. The third kappa shape index (κ3) is 1.17. The Balaban J connectivity index is 2.46. The van der Waals surface area contributed by atoms with Crippen LogP contribution in [-0.2, 0) is 0 Å². The van der Waals surface area contributed by atoms with Crippen molar-refractivity contribution in [1.82, 2.24) is 40.8 Å². The minimum absolute atomic E-state index is 0.229.